The lowest BCUT2D eigenvalue weighted by atomic mass is 10.1. The van der Waals surface area contributed by atoms with E-state index in [2.05, 4.69) is 21.2 Å². The number of nitrogens with zero attached hydrogens (tertiary/aromatic N) is 2. The molecule has 1 aromatic rings. The van der Waals surface area contributed by atoms with Crippen LogP contribution in [0.15, 0.2) is 18.2 Å². The van der Waals surface area contributed by atoms with Gasteiger partial charge in [-0.05, 0) is 30.7 Å². The number of hydrogen-bond acceptors (Lipinski definition) is 3. The van der Waals surface area contributed by atoms with Gasteiger partial charge in [-0.25, -0.2) is 0 Å². The van der Waals surface area contributed by atoms with Gasteiger partial charge in [0.2, 0.25) is 0 Å². The molecule has 5 heteroatoms. The van der Waals surface area contributed by atoms with Crippen molar-refractivity contribution in [3.8, 4) is 0 Å². The fourth-order valence-corrected chi connectivity index (χ4v) is 3.45. The second kappa shape index (κ2) is 6.63. The monoisotopic (exact) mass is 313 g/mol. The molecule has 1 unspecified atom stereocenters. The maximum absolute atomic E-state index is 6.08. The van der Waals surface area contributed by atoms with E-state index in [1.807, 2.05) is 12.1 Å². The summed E-state index contributed by atoms with van der Waals surface area (Å²) >= 11 is 12.0. The average Bonchev–Trinajstić information content (AvgIpc) is 2.98. The summed E-state index contributed by atoms with van der Waals surface area (Å²) in [6.45, 7) is 7.92. The first-order valence-corrected chi connectivity index (χ1v) is 8.09. The normalized spacial score (nSPS) is 25.2. The van der Waals surface area contributed by atoms with Crippen LogP contribution in [-0.2, 0) is 6.54 Å². The van der Waals surface area contributed by atoms with Gasteiger partial charge in [0.05, 0.1) is 10.0 Å². The molecule has 1 aromatic carbocycles. The second-order valence-corrected chi connectivity index (χ2v) is 6.52. The Morgan fingerprint density at radius 2 is 1.90 bits per heavy atom. The summed E-state index contributed by atoms with van der Waals surface area (Å²) < 4.78 is 0. The Labute approximate surface area is 130 Å². The van der Waals surface area contributed by atoms with Gasteiger partial charge in [-0.1, -0.05) is 29.3 Å². The molecule has 2 heterocycles. The number of piperazine rings is 1. The van der Waals surface area contributed by atoms with Crippen molar-refractivity contribution in [3.05, 3.63) is 33.8 Å². The van der Waals surface area contributed by atoms with Crippen LogP contribution in [0, 0.1) is 0 Å². The Morgan fingerprint density at radius 1 is 1.10 bits per heavy atom. The van der Waals surface area contributed by atoms with Gasteiger partial charge in [-0.15, -0.1) is 0 Å². The zero-order chi connectivity index (χ0) is 13.9. The van der Waals surface area contributed by atoms with E-state index in [0.717, 1.165) is 32.2 Å². The summed E-state index contributed by atoms with van der Waals surface area (Å²) in [5.41, 5.74) is 1.25. The molecule has 2 saturated heterocycles. The van der Waals surface area contributed by atoms with Gasteiger partial charge in [0.1, 0.15) is 0 Å². The van der Waals surface area contributed by atoms with Gasteiger partial charge in [-0.3, -0.25) is 9.80 Å². The lowest BCUT2D eigenvalue weighted by Crippen LogP contribution is -2.50. The number of benzene rings is 1. The molecule has 1 atom stereocenters. The molecule has 0 bridgehead atoms. The number of hydrogen-bond donors (Lipinski definition) is 1. The first kappa shape index (κ1) is 14.6. The molecule has 0 aliphatic carbocycles. The minimum atomic E-state index is 0.633. The number of rotatable bonds is 3. The highest BCUT2D eigenvalue weighted by Crippen LogP contribution is 2.23. The smallest absolute Gasteiger partial charge is 0.0595 e. The van der Waals surface area contributed by atoms with Crippen molar-refractivity contribution in [2.45, 2.75) is 19.0 Å². The summed E-state index contributed by atoms with van der Waals surface area (Å²) in [6, 6.07) is 6.69. The maximum atomic E-state index is 6.08. The highest BCUT2D eigenvalue weighted by atomic mass is 35.5. The van der Waals surface area contributed by atoms with Gasteiger partial charge in [0.15, 0.2) is 0 Å². The van der Waals surface area contributed by atoms with Crippen LogP contribution in [0.2, 0.25) is 10.0 Å². The van der Waals surface area contributed by atoms with Crippen LogP contribution in [-0.4, -0.2) is 55.1 Å². The Kier molecular flexibility index (Phi) is 4.84. The van der Waals surface area contributed by atoms with E-state index in [0.29, 0.717) is 10.0 Å². The van der Waals surface area contributed by atoms with Crippen molar-refractivity contribution < 1.29 is 0 Å². The van der Waals surface area contributed by atoms with Crippen molar-refractivity contribution in [2.75, 3.05) is 39.3 Å². The van der Waals surface area contributed by atoms with E-state index in [1.54, 1.807) is 0 Å². The van der Waals surface area contributed by atoms with Gasteiger partial charge >= 0.3 is 0 Å². The predicted molar refractivity (Wildman–Crippen MR) is 84.6 cm³/mol. The van der Waals surface area contributed by atoms with Crippen LogP contribution < -0.4 is 5.32 Å². The molecule has 0 amide bonds. The van der Waals surface area contributed by atoms with Crippen LogP contribution in [0.4, 0.5) is 0 Å². The summed E-state index contributed by atoms with van der Waals surface area (Å²) in [7, 11) is 0. The molecular weight excluding hydrogens is 293 g/mol. The molecule has 20 heavy (non-hydrogen) atoms. The molecular formula is C15H21Cl2N3. The van der Waals surface area contributed by atoms with Gasteiger partial charge < -0.3 is 5.32 Å². The second-order valence-electron chi connectivity index (χ2n) is 5.71. The third-order valence-electron chi connectivity index (χ3n) is 4.35. The summed E-state index contributed by atoms with van der Waals surface area (Å²) in [4.78, 5) is 5.13. The van der Waals surface area contributed by atoms with Crippen molar-refractivity contribution in [1.82, 2.24) is 15.1 Å². The zero-order valence-corrected chi connectivity index (χ0v) is 13.1. The van der Waals surface area contributed by atoms with Crippen molar-refractivity contribution in [1.29, 1.82) is 0 Å². The molecule has 0 spiro atoms. The topological polar surface area (TPSA) is 18.5 Å². The standard InChI is InChI=1S/C15H21Cl2N3/c16-14-2-1-12(9-15(14)17)11-19-5-7-20(8-6-19)13-3-4-18-10-13/h1-2,9,13,18H,3-8,10-11H2. The van der Waals surface area contributed by atoms with E-state index in [-0.39, 0.29) is 0 Å². The van der Waals surface area contributed by atoms with E-state index >= 15 is 0 Å². The molecule has 2 aliphatic heterocycles. The SMILES string of the molecule is Clc1ccc(CN2CCN(C3CCNC3)CC2)cc1Cl. The van der Waals surface area contributed by atoms with Gasteiger partial charge in [0.25, 0.3) is 0 Å². The summed E-state index contributed by atoms with van der Waals surface area (Å²) in [6.07, 6.45) is 1.30. The Hall–Kier alpha value is -0.320. The minimum Gasteiger partial charge on any atom is -0.315 e. The first-order valence-electron chi connectivity index (χ1n) is 7.33. The lowest BCUT2D eigenvalue weighted by molar-refractivity contribution is 0.0981. The fourth-order valence-electron chi connectivity index (χ4n) is 3.13. The molecule has 3 nitrogen and oxygen atoms in total. The molecule has 1 N–H and O–H groups in total. The Morgan fingerprint density at radius 3 is 2.55 bits per heavy atom. The van der Waals surface area contributed by atoms with Crippen LogP contribution in [0.5, 0.6) is 0 Å². The zero-order valence-electron chi connectivity index (χ0n) is 11.6. The molecule has 0 saturated carbocycles. The van der Waals surface area contributed by atoms with Gasteiger partial charge in [0, 0.05) is 45.3 Å². The van der Waals surface area contributed by atoms with E-state index in [4.69, 9.17) is 23.2 Å². The summed E-state index contributed by atoms with van der Waals surface area (Å²) in [5.74, 6) is 0. The van der Waals surface area contributed by atoms with Crippen molar-refractivity contribution >= 4 is 23.2 Å². The molecule has 2 fully saturated rings. The fraction of sp³-hybridized carbons (Fsp3) is 0.600. The Bertz CT molecular complexity index is 452. The highest BCUT2D eigenvalue weighted by Gasteiger charge is 2.25. The van der Waals surface area contributed by atoms with Crippen LogP contribution in [0.3, 0.4) is 0 Å². The third-order valence-corrected chi connectivity index (χ3v) is 5.09. The van der Waals surface area contributed by atoms with E-state index in [1.165, 1.54) is 31.6 Å². The maximum Gasteiger partial charge on any atom is 0.0595 e. The molecule has 2 aliphatic rings. The lowest BCUT2D eigenvalue weighted by Gasteiger charge is -2.37. The van der Waals surface area contributed by atoms with Crippen molar-refractivity contribution in [2.24, 2.45) is 0 Å². The first-order chi connectivity index (χ1) is 9.72. The highest BCUT2D eigenvalue weighted by molar-refractivity contribution is 6.42. The predicted octanol–water partition coefficient (Wildman–Crippen LogP) is 2.47. The quantitative estimate of drug-likeness (QED) is 0.925. The molecule has 0 radical (unpaired) electrons. The van der Waals surface area contributed by atoms with Gasteiger partial charge in [-0.2, -0.15) is 0 Å². The number of halogens is 2. The molecule has 110 valence electrons. The van der Waals surface area contributed by atoms with E-state index < -0.39 is 0 Å². The number of nitrogens with one attached hydrogen (secondary N) is 1. The molecule has 0 aromatic heterocycles. The largest absolute Gasteiger partial charge is 0.315 e. The third kappa shape index (κ3) is 3.46. The summed E-state index contributed by atoms with van der Waals surface area (Å²) in [5, 5.41) is 4.74. The Balaban J connectivity index is 1.51. The van der Waals surface area contributed by atoms with Crippen LogP contribution >= 0.6 is 23.2 Å². The molecule has 3 rings (SSSR count). The average molecular weight is 314 g/mol. The van der Waals surface area contributed by atoms with Crippen LogP contribution in [0.1, 0.15) is 12.0 Å². The minimum absolute atomic E-state index is 0.633. The van der Waals surface area contributed by atoms with E-state index in [9.17, 15) is 0 Å². The van der Waals surface area contributed by atoms with Crippen molar-refractivity contribution in [3.63, 3.8) is 0 Å². The van der Waals surface area contributed by atoms with Crippen LogP contribution in [0.25, 0.3) is 0 Å².